The van der Waals surface area contributed by atoms with Crippen molar-refractivity contribution in [3.05, 3.63) is 24.3 Å². The van der Waals surface area contributed by atoms with Crippen molar-refractivity contribution in [3.63, 3.8) is 0 Å². The molecule has 0 spiro atoms. The predicted octanol–water partition coefficient (Wildman–Crippen LogP) is 2.46. The van der Waals surface area contributed by atoms with Gasteiger partial charge in [0.15, 0.2) is 0 Å². The number of nitrogens with one attached hydrogen (secondary N) is 1. The van der Waals surface area contributed by atoms with Crippen molar-refractivity contribution >= 4 is 23.4 Å². The summed E-state index contributed by atoms with van der Waals surface area (Å²) >= 11 is 1.68. The highest BCUT2D eigenvalue weighted by atomic mass is 32.2. The third-order valence-electron chi connectivity index (χ3n) is 3.40. The first-order valence-electron chi connectivity index (χ1n) is 5.86. The van der Waals surface area contributed by atoms with Crippen molar-refractivity contribution in [3.8, 4) is 5.75 Å². The summed E-state index contributed by atoms with van der Waals surface area (Å²) < 4.78 is 5.25. The number of anilines is 1. The number of methoxy groups -OCH3 is 1. The van der Waals surface area contributed by atoms with Gasteiger partial charge in [0.1, 0.15) is 11.3 Å². The number of benzene rings is 1. The summed E-state index contributed by atoms with van der Waals surface area (Å²) in [4.78, 5) is 11.6. The summed E-state index contributed by atoms with van der Waals surface area (Å²) in [5.74, 6) is 0.725. The zero-order valence-corrected chi connectivity index (χ0v) is 11.3. The highest BCUT2D eigenvalue weighted by molar-refractivity contribution is 8.00. The summed E-state index contributed by atoms with van der Waals surface area (Å²) in [5, 5.41) is 12.7. The topological polar surface area (TPSA) is 58.6 Å². The van der Waals surface area contributed by atoms with Gasteiger partial charge < -0.3 is 15.2 Å². The van der Waals surface area contributed by atoms with Crippen molar-refractivity contribution < 1.29 is 14.6 Å². The van der Waals surface area contributed by atoms with Crippen LogP contribution in [0.3, 0.4) is 0 Å². The molecule has 0 amide bonds. The second-order valence-electron chi connectivity index (χ2n) is 4.36. The van der Waals surface area contributed by atoms with Crippen LogP contribution >= 0.6 is 11.8 Å². The van der Waals surface area contributed by atoms with Gasteiger partial charge >= 0.3 is 5.97 Å². The molecule has 1 aliphatic rings. The van der Waals surface area contributed by atoms with E-state index in [2.05, 4.69) is 5.32 Å². The average Bonchev–Trinajstić information content (AvgIpc) is 2.73. The number of carboxylic acid groups (broad SMARTS) is 1. The van der Waals surface area contributed by atoms with Crippen molar-refractivity contribution in [2.45, 2.75) is 24.1 Å². The summed E-state index contributed by atoms with van der Waals surface area (Å²) in [6.07, 6.45) is 0.617. The number of thioether (sulfide) groups is 1. The predicted molar refractivity (Wildman–Crippen MR) is 73.5 cm³/mol. The first-order valence-corrected chi connectivity index (χ1v) is 6.91. The zero-order chi connectivity index (χ0) is 13.2. The minimum atomic E-state index is -0.903. The Balaban J connectivity index is 2.32. The fraction of sp³-hybridized carbons (Fsp3) is 0.462. The van der Waals surface area contributed by atoms with Crippen LogP contribution in [0.4, 0.5) is 5.69 Å². The first kappa shape index (κ1) is 13.1. The maximum Gasteiger partial charge on any atom is 0.330 e. The van der Waals surface area contributed by atoms with Crippen molar-refractivity contribution in [1.29, 1.82) is 0 Å². The van der Waals surface area contributed by atoms with E-state index < -0.39 is 11.5 Å². The Hall–Kier alpha value is -1.36. The number of carboxylic acids is 1. The lowest BCUT2D eigenvalue weighted by Gasteiger charge is -2.31. The van der Waals surface area contributed by atoms with E-state index >= 15 is 0 Å². The lowest BCUT2D eigenvalue weighted by molar-refractivity contribution is -0.142. The quantitative estimate of drug-likeness (QED) is 0.877. The molecule has 5 heteroatoms. The van der Waals surface area contributed by atoms with Gasteiger partial charge in [-0.15, -0.1) is 0 Å². The average molecular weight is 267 g/mol. The molecule has 1 aromatic rings. The lowest BCUT2D eigenvalue weighted by atomic mass is 9.92. The van der Waals surface area contributed by atoms with Crippen molar-refractivity contribution in [2.75, 3.05) is 18.2 Å². The minimum absolute atomic E-state index is 0.0277. The fourth-order valence-electron chi connectivity index (χ4n) is 2.23. The molecule has 0 aliphatic carbocycles. The molecule has 1 heterocycles. The molecule has 98 valence electrons. The SMILES string of the molecule is COc1ccccc1NC1(C(=O)O)CCSC1C. The lowest BCUT2D eigenvalue weighted by Crippen LogP contribution is -2.50. The number of rotatable bonds is 4. The van der Waals surface area contributed by atoms with Crippen LogP contribution in [-0.4, -0.2) is 34.7 Å². The molecule has 2 rings (SSSR count). The standard InChI is InChI=1S/C13H17NO3S/c1-9-13(12(15)16,7-8-18-9)14-10-5-3-4-6-11(10)17-2/h3-6,9,14H,7-8H2,1-2H3,(H,15,16). The van der Waals surface area contributed by atoms with Crippen LogP contribution in [0, 0.1) is 0 Å². The van der Waals surface area contributed by atoms with Crippen LogP contribution < -0.4 is 10.1 Å². The molecule has 18 heavy (non-hydrogen) atoms. The molecule has 2 atom stereocenters. The number of hydrogen-bond acceptors (Lipinski definition) is 4. The molecule has 2 N–H and O–H groups in total. The highest BCUT2D eigenvalue weighted by Crippen LogP contribution is 2.40. The second-order valence-corrected chi connectivity index (χ2v) is 5.81. The molecule has 1 saturated heterocycles. The zero-order valence-electron chi connectivity index (χ0n) is 10.5. The van der Waals surface area contributed by atoms with Gasteiger partial charge in [-0.25, -0.2) is 4.79 Å². The second kappa shape index (κ2) is 5.10. The summed E-state index contributed by atoms with van der Waals surface area (Å²) in [6.45, 7) is 1.95. The molecule has 1 aromatic carbocycles. The van der Waals surface area contributed by atoms with Gasteiger partial charge in [-0.05, 0) is 24.3 Å². The van der Waals surface area contributed by atoms with Gasteiger partial charge in [-0.1, -0.05) is 19.1 Å². The Morgan fingerprint density at radius 3 is 2.83 bits per heavy atom. The third kappa shape index (κ3) is 2.14. The molecule has 0 radical (unpaired) electrons. The molecule has 0 saturated carbocycles. The maximum atomic E-state index is 11.6. The van der Waals surface area contributed by atoms with Crippen LogP contribution in [0.2, 0.25) is 0 Å². The van der Waals surface area contributed by atoms with E-state index in [9.17, 15) is 9.90 Å². The number of hydrogen-bond donors (Lipinski definition) is 2. The number of carbonyl (C=O) groups is 1. The van der Waals surface area contributed by atoms with E-state index in [4.69, 9.17) is 4.74 Å². The largest absolute Gasteiger partial charge is 0.495 e. The van der Waals surface area contributed by atoms with Crippen LogP contribution in [-0.2, 0) is 4.79 Å². The van der Waals surface area contributed by atoms with Gasteiger partial charge in [0.05, 0.1) is 12.8 Å². The Bertz CT molecular complexity index is 452. The van der Waals surface area contributed by atoms with E-state index in [-0.39, 0.29) is 5.25 Å². The van der Waals surface area contributed by atoms with Crippen LogP contribution in [0.15, 0.2) is 24.3 Å². The Morgan fingerprint density at radius 2 is 2.28 bits per heavy atom. The number of para-hydroxylation sites is 2. The van der Waals surface area contributed by atoms with Crippen molar-refractivity contribution in [1.82, 2.24) is 0 Å². The maximum absolute atomic E-state index is 11.6. The first-order chi connectivity index (χ1) is 8.60. The monoisotopic (exact) mass is 267 g/mol. The van der Waals surface area contributed by atoms with Crippen molar-refractivity contribution in [2.24, 2.45) is 0 Å². The highest BCUT2D eigenvalue weighted by Gasteiger charge is 2.48. The minimum Gasteiger partial charge on any atom is -0.495 e. The van der Waals surface area contributed by atoms with Crippen LogP contribution in [0.25, 0.3) is 0 Å². The number of aliphatic carboxylic acids is 1. The fourth-order valence-corrected chi connectivity index (χ4v) is 3.58. The van der Waals surface area contributed by atoms with E-state index in [1.54, 1.807) is 18.9 Å². The normalized spacial score (nSPS) is 26.9. The third-order valence-corrected chi connectivity index (χ3v) is 4.75. The summed E-state index contributed by atoms with van der Waals surface area (Å²) in [6, 6.07) is 7.40. The molecule has 1 aliphatic heterocycles. The summed E-state index contributed by atoms with van der Waals surface area (Å²) in [7, 11) is 1.58. The number of ether oxygens (including phenoxy) is 1. The Morgan fingerprint density at radius 1 is 1.56 bits per heavy atom. The molecular weight excluding hydrogens is 250 g/mol. The smallest absolute Gasteiger partial charge is 0.330 e. The van der Waals surface area contributed by atoms with Gasteiger partial charge in [0.2, 0.25) is 0 Å². The molecule has 2 unspecified atom stereocenters. The van der Waals surface area contributed by atoms with Gasteiger partial charge in [0, 0.05) is 5.25 Å². The summed E-state index contributed by atoms with van der Waals surface area (Å²) in [5.41, 5.74) is -0.170. The van der Waals surface area contributed by atoms with E-state index in [0.29, 0.717) is 12.2 Å². The van der Waals surface area contributed by atoms with Crippen LogP contribution in [0.5, 0.6) is 5.75 Å². The van der Waals surface area contributed by atoms with Crippen LogP contribution in [0.1, 0.15) is 13.3 Å². The van der Waals surface area contributed by atoms with Gasteiger partial charge in [-0.3, -0.25) is 0 Å². The van der Waals surface area contributed by atoms with Gasteiger partial charge in [0.25, 0.3) is 0 Å². The van der Waals surface area contributed by atoms with Gasteiger partial charge in [-0.2, -0.15) is 11.8 Å². The molecular formula is C13H17NO3S. The van der Waals surface area contributed by atoms with E-state index in [1.165, 1.54) is 0 Å². The van der Waals surface area contributed by atoms with E-state index in [1.807, 2.05) is 31.2 Å². The molecule has 0 bridgehead atoms. The van der Waals surface area contributed by atoms with E-state index in [0.717, 1.165) is 11.4 Å². The Kier molecular flexibility index (Phi) is 3.71. The molecule has 1 fully saturated rings. The molecule has 4 nitrogen and oxygen atoms in total. The Labute approximate surface area is 111 Å². The molecule has 0 aromatic heterocycles.